The first kappa shape index (κ1) is 19.9. The van der Waals surface area contributed by atoms with Gasteiger partial charge >= 0.3 is 6.03 Å². The molecule has 2 bridgehead atoms. The maximum atomic E-state index is 12.9. The fourth-order valence-corrected chi connectivity index (χ4v) is 5.28. The van der Waals surface area contributed by atoms with E-state index in [0.29, 0.717) is 19.6 Å². The summed E-state index contributed by atoms with van der Waals surface area (Å²) in [5, 5.41) is 2.94. The number of morpholine rings is 2. The molecule has 2 saturated heterocycles. The van der Waals surface area contributed by atoms with Crippen molar-refractivity contribution in [2.24, 2.45) is 0 Å². The Labute approximate surface area is 171 Å². The van der Waals surface area contributed by atoms with Gasteiger partial charge in [-0.25, -0.2) is 13.2 Å². The van der Waals surface area contributed by atoms with Crippen LogP contribution in [-0.2, 0) is 21.3 Å². The summed E-state index contributed by atoms with van der Waals surface area (Å²) in [5.41, 5.74) is 2.22. The summed E-state index contributed by atoms with van der Waals surface area (Å²) < 4.78 is 33.2. The van der Waals surface area contributed by atoms with Gasteiger partial charge in [0.2, 0.25) is 10.0 Å². The number of hydrogen-bond acceptors (Lipinski definition) is 4. The zero-order valence-electron chi connectivity index (χ0n) is 16.3. The van der Waals surface area contributed by atoms with Crippen LogP contribution in [0.1, 0.15) is 11.1 Å². The van der Waals surface area contributed by atoms with Gasteiger partial charge < -0.3 is 15.0 Å². The molecule has 2 aromatic rings. The number of rotatable bonds is 4. The molecule has 0 spiro atoms. The Bertz CT molecular complexity index is 949. The average Bonchev–Trinajstić information content (AvgIpc) is 2.73. The van der Waals surface area contributed by atoms with Crippen LogP contribution in [0.25, 0.3) is 0 Å². The second-order valence-electron chi connectivity index (χ2n) is 7.56. The van der Waals surface area contributed by atoms with Gasteiger partial charge in [-0.2, -0.15) is 4.31 Å². The first-order valence-corrected chi connectivity index (χ1v) is 11.1. The molecule has 0 unspecified atom stereocenters. The van der Waals surface area contributed by atoms with Crippen LogP contribution in [0, 0.1) is 6.92 Å². The van der Waals surface area contributed by atoms with E-state index in [9.17, 15) is 13.2 Å². The van der Waals surface area contributed by atoms with Crippen molar-refractivity contribution in [3.8, 4) is 0 Å². The smallest absolute Gasteiger partial charge is 0.317 e. The molecule has 29 heavy (non-hydrogen) atoms. The Kier molecular flexibility index (Phi) is 5.58. The SMILES string of the molecule is Cc1ccc(CNC(=O)N2C[C@@H]3CN(S(=O)(=O)c4ccccc4)C[C@H](C2)O3)cc1. The summed E-state index contributed by atoms with van der Waals surface area (Å²) in [6.45, 7) is 3.72. The van der Waals surface area contributed by atoms with E-state index < -0.39 is 10.0 Å². The van der Waals surface area contributed by atoms with Crippen LogP contribution in [0.4, 0.5) is 4.79 Å². The van der Waals surface area contributed by atoms with Crippen LogP contribution in [0.2, 0.25) is 0 Å². The fraction of sp³-hybridized carbons (Fsp3) is 0.381. The second-order valence-corrected chi connectivity index (χ2v) is 9.50. The third-order valence-electron chi connectivity index (χ3n) is 5.28. The molecule has 2 heterocycles. The van der Waals surface area contributed by atoms with E-state index in [1.807, 2.05) is 31.2 Å². The number of ether oxygens (including phenoxy) is 1. The molecule has 2 amide bonds. The van der Waals surface area contributed by atoms with E-state index in [-0.39, 0.29) is 36.2 Å². The molecule has 2 fully saturated rings. The number of sulfonamides is 1. The van der Waals surface area contributed by atoms with Gasteiger partial charge in [0, 0.05) is 19.6 Å². The van der Waals surface area contributed by atoms with E-state index in [2.05, 4.69) is 5.32 Å². The molecule has 4 rings (SSSR count). The number of amides is 2. The first-order valence-electron chi connectivity index (χ1n) is 9.71. The maximum absolute atomic E-state index is 12.9. The number of nitrogens with one attached hydrogen (secondary N) is 1. The van der Waals surface area contributed by atoms with Gasteiger partial charge in [0.25, 0.3) is 0 Å². The fourth-order valence-electron chi connectivity index (χ4n) is 3.75. The van der Waals surface area contributed by atoms with Crippen LogP contribution in [0.3, 0.4) is 0 Å². The van der Waals surface area contributed by atoms with Gasteiger partial charge in [-0.3, -0.25) is 0 Å². The van der Waals surface area contributed by atoms with Gasteiger partial charge in [0.1, 0.15) is 0 Å². The molecule has 7 nitrogen and oxygen atoms in total. The number of carbonyl (C=O) groups excluding carboxylic acids is 1. The normalized spacial score (nSPS) is 22.3. The van der Waals surface area contributed by atoms with Crippen LogP contribution in [-0.4, -0.2) is 62.0 Å². The lowest BCUT2D eigenvalue weighted by molar-refractivity contribution is -0.111. The summed E-state index contributed by atoms with van der Waals surface area (Å²) in [4.78, 5) is 14.6. The van der Waals surface area contributed by atoms with Crippen molar-refractivity contribution in [2.75, 3.05) is 26.2 Å². The van der Waals surface area contributed by atoms with Crippen LogP contribution >= 0.6 is 0 Å². The van der Waals surface area contributed by atoms with Gasteiger partial charge in [-0.1, -0.05) is 48.0 Å². The Hall–Kier alpha value is -2.42. The molecule has 2 atom stereocenters. The van der Waals surface area contributed by atoms with E-state index >= 15 is 0 Å². The Morgan fingerprint density at radius 3 is 2.24 bits per heavy atom. The summed E-state index contributed by atoms with van der Waals surface area (Å²) >= 11 is 0. The predicted octanol–water partition coefficient (Wildman–Crippen LogP) is 1.98. The molecular weight excluding hydrogens is 390 g/mol. The summed E-state index contributed by atoms with van der Waals surface area (Å²) in [6, 6.07) is 16.3. The highest BCUT2D eigenvalue weighted by Gasteiger charge is 2.41. The van der Waals surface area contributed by atoms with E-state index in [1.54, 1.807) is 35.2 Å². The minimum absolute atomic E-state index is 0.150. The number of carbonyl (C=O) groups is 1. The number of hydrogen-bond donors (Lipinski definition) is 1. The number of nitrogens with zero attached hydrogens (tertiary/aromatic N) is 2. The van der Waals surface area contributed by atoms with E-state index in [0.717, 1.165) is 5.56 Å². The number of benzene rings is 2. The van der Waals surface area contributed by atoms with Crippen LogP contribution in [0.5, 0.6) is 0 Å². The van der Waals surface area contributed by atoms with Crippen molar-refractivity contribution in [1.29, 1.82) is 0 Å². The van der Waals surface area contributed by atoms with Crippen LogP contribution < -0.4 is 5.32 Å². The third-order valence-corrected chi connectivity index (χ3v) is 7.13. The van der Waals surface area contributed by atoms with Crippen molar-refractivity contribution < 1.29 is 17.9 Å². The highest BCUT2D eigenvalue weighted by Crippen LogP contribution is 2.25. The van der Waals surface area contributed by atoms with Crippen molar-refractivity contribution in [3.05, 3.63) is 65.7 Å². The van der Waals surface area contributed by atoms with Gasteiger partial charge in [-0.05, 0) is 24.6 Å². The minimum Gasteiger partial charge on any atom is -0.369 e. The largest absolute Gasteiger partial charge is 0.369 e. The minimum atomic E-state index is -3.56. The van der Waals surface area contributed by atoms with Gasteiger partial charge in [-0.15, -0.1) is 0 Å². The third kappa shape index (κ3) is 4.44. The molecule has 154 valence electrons. The predicted molar refractivity (Wildman–Crippen MR) is 109 cm³/mol. The number of urea groups is 1. The summed E-state index contributed by atoms with van der Waals surface area (Å²) in [7, 11) is -3.56. The Balaban J connectivity index is 1.37. The van der Waals surface area contributed by atoms with Crippen molar-refractivity contribution in [3.63, 3.8) is 0 Å². The summed E-state index contributed by atoms with van der Waals surface area (Å²) in [5.74, 6) is 0. The van der Waals surface area contributed by atoms with E-state index in [1.165, 1.54) is 9.87 Å². The monoisotopic (exact) mass is 415 g/mol. The lowest BCUT2D eigenvalue weighted by Gasteiger charge is -2.45. The Morgan fingerprint density at radius 2 is 1.62 bits per heavy atom. The highest BCUT2D eigenvalue weighted by molar-refractivity contribution is 7.89. The molecular formula is C21H25N3O4S. The number of aryl methyl sites for hydroxylation is 1. The molecule has 2 aromatic carbocycles. The van der Waals surface area contributed by atoms with E-state index in [4.69, 9.17) is 4.74 Å². The number of fused-ring (bicyclic) bond motifs is 2. The molecule has 1 N–H and O–H groups in total. The molecule has 8 heteroatoms. The maximum Gasteiger partial charge on any atom is 0.317 e. The molecule has 0 aliphatic carbocycles. The van der Waals surface area contributed by atoms with Gasteiger partial charge in [0.05, 0.1) is 30.2 Å². The molecule has 2 aliphatic rings. The highest BCUT2D eigenvalue weighted by atomic mass is 32.2. The van der Waals surface area contributed by atoms with Crippen LogP contribution in [0.15, 0.2) is 59.5 Å². The Morgan fingerprint density at radius 1 is 1.00 bits per heavy atom. The molecule has 0 aromatic heterocycles. The first-order chi connectivity index (χ1) is 13.9. The van der Waals surface area contributed by atoms with Crippen molar-refractivity contribution in [2.45, 2.75) is 30.6 Å². The standard InChI is InChI=1S/C21H25N3O4S/c1-16-7-9-17(10-8-16)11-22-21(25)23-12-18-14-24(15-19(13-23)28-18)29(26,27)20-5-3-2-4-6-20/h2-10,18-19H,11-15H2,1H3,(H,22,25)/t18-,19+. The lowest BCUT2D eigenvalue weighted by atomic mass is 10.1. The zero-order chi connectivity index (χ0) is 20.4. The lowest BCUT2D eigenvalue weighted by Crippen LogP contribution is -2.62. The second kappa shape index (κ2) is 8.14. The quantitative estimate of drug-likeness (QED) is 0.828. The zero-order valence-corrected chi connectivity index (χ0v) is 17.1. The summed E-state index contributed by atoms with van der Waals surface area (Å²) in [6.07, 6.45) is -0.655. The topological polar surface area (TPSA) is 79.0 Å². The van der Waals surface area contributed by atoms with Gasteiger partial charge in [0.15, 0.2) is 0 Å². The van der Waals surface area contributed by atoms with Crippen molar-refractivity contribution >= 4 is 16.1 Å². The van der Waals surface area contributed by atoms with Crippen molar-refractivity contribution in [1.82, 2.24) is 14.5 Å². The molecule has 0 radical (unpaired) electrons. The average molecular weight is 416 g/mol. The molecule has 2 aliphatic heterocycles. The molecule has 0 saturated carbocycles.